The minimum atomic E-state index is -1.49. The van der Waals surface area contributed by atoms with Crippen molar-refractivity contribution in [3.8, 4) is 0 Å². The van der Waals surface area contributed by atoms with Crippen molar-refractivity contribution in [2.24, 2.45) is 7.05 Å². The molecule has 9 heteroatoms. The first kappa shape index (κ1) is 16.1. The van der Waals surface area contributed by atoms with Gasteiger partial charge in [-0.1, -0.05) is 12.1 Å². The largest absolute Gasteiger partial charge is 0.548 e. The molecule has 1 aliphatic rings. The SMILES string of the molecule is Cc1cccc(N2CCn3c2nc2c3c(=O)n(CC(=O)[O-])c(=O)n2C)c1. The predicted octanol–water partition coefficient (Wildman–Crippen LogP) is -0.893. The number of anilines is 2. The van der Waals surface area contributed by atoms with E-state index in [9.17, 15) is 19.5 Å². The van der Waals surface area contributed by atoms with Crippen LogP contribution in [0.5, 0.6) is 0 Å². The first-order chi connectivity index (χ1) is 12.4. The molecule has 0 N–H and O–H groups in total. The summed E-state index contributed by atoms with van der Waals surface area (Å²) in [5.41, 5.74) is 1.10. The second-order valence-corrected chi connectivity index (χ2v) is 6.33. The number of aryl methyl sites for hydroxylation is 2. The third-order valence-electron chi connectivity index (χ3n) is 4.60. The topological polar surface area (TPSA) is 105 Å². The maximum absolute atomic E-state index is 12.7. The summed E-state index contributed by atoms with van der Waals surface area (Å²) in [6.45, 7) is 2.34. The average molecular weight is 354 g/mol. The zero-order valence-corrected chi connectivity index (χ0v) is 14.3. The first-order valence-corrected chi connectivity index (χ1v) is 8.12. The van der Waals surface area contributed by atoms with Gasteiger partial charge in [0, 0.05) is 25.8 Å². The first-order valence-electron chi connectivity index (χ1n) is 8.12. The Morgan fingerprint density at radius 1 is 1.27 bits per heavy atom. The van der Waals surface area contributed by atoms with Crippen LogP contribution in [0.4, 0.5) is 11.6 Å². The highest BCUT2D eigenvalue weighted by Gasteiger charge is 2.28. The Morgan fingerprint density at radius 2 is 2.04 bits per heavy atom. The second-order valence-electron chi connectivity index (χ2n) is 6.33. The summed E-state index contributed by atoms with van der Waals surface area (Å²) < 4.78 is 3.59. The lowest BCUT2D eigenvalue weighted by Gasteiger charge is -2.16. The molecule has 4 rings (SSSR count). The molecule has 2 aromatic heterocycles. The molecule has 0 bridgehead atoms. The van der Waals surface area contributed by atoms with E-state index in [2.05, 4.69) is 4.98 Å². The Hall–Kier alpha value is -3.36. The molecular formula is C17H16N5O4-. The number of aromatic nitrogens is 4. The molecule has 0 radical (unpaired) electrons. The van der Waals surface area contributed by atoms with Crippen molar-refractivity contribution in [1.82, 2.24) is 18.7 Å². The van der Waals surface area contributed by atoms with Crippen molar-refractivity contribution in [2.45, 2.75) is 20.0 Å². The molecule has 3 heterocycles. The highest BCUT2D eigenvalue weighted by atomic mass is 16.4. The molecule has 134 valence electrons. The van der Waals surface area contributed by atoms with E-state index in [1.807, 2.05) is 36.1 Å². The molecule has 1 aromatic carbocycles. The van der Waals surface area contributed by atoms with Crippen molar-refractivity contribution in [2.75, 3.05) is 11.4 Å². The summed E-state index contributed by atoms with van der Waals surface area (Å²) in [7, 11) is 1.47. The Balaban J connectivity index is 1.97. The molecule has 1 aliphatic heterocycles. The lowest BCUT2D eigenvalue weighted by Crippen LogP contribution is -2.44. The third kappa shape index (κ3) is 2.24. The number of carbonyl (C=O) groups is 1. The predicted molar refractivity (Wildman–Crippen MR) is 92.4 cm³/mol. The summed E-state index contributed by atoms with van der Waals surface area (Å²) in [5.74, 6) is -0.935. The highest BCUT2D eigenvalue weighted by Crippen LogP contribution is 2.31. The number of carboxylic acid groups (broad SMARTS) is 1. The molecule has 0 unspecified atom stereocenters. The van der Waals surface area contributed by atoms with Crippen LogP contribution in [0.3, 0.4) is 0 Å². The number of fused-ring (bicyclic) bond motifs is 3. The summed E-state index contributed by atoms with van der Waals surface area (Å²) in [6, 6.07) is 7.90. The minimum Gasteiger partial charge on any atom is -0.548 e. The molecule has 0 fully saturated rings. The molecule has 0 aliphatic carbocycles. The summed E-state index contributed by atoms with van der Waals surface area (Å²) in [5, 5.41) is 10.9. The average Bonchev–Trinajstić information content (AvgIpc) is 3.15. The standard InChI is InChI=1S/C17H17N5O4/c1-10-4-3-5-11(8-10)20-6-7-21-13-14(18-16(20)21)19(2)17(26)22(15(13)25)9-12(23)24/h3-5,8H,6-7,9H2,1-2H3,(H,23,24)/p-1. The number of hydrogen-bond donors (Lipinski definition) is 0. The summed E-state index contributed by atoms with van der Waals surface area (Å²) in [4.78, 5) is 42.5. The maximum Gasteiger partial charge on any atom is 0.332 e. The lowest BCUT2D eigenvalue weighted by atomic mass is 10.2. The van der Waals surface area contributed by atoms with Crippen molar-refractivity contribution >= 4 is 28.8 Å². The van der Waals surface area contributed by atoms with Gasteiger partial charge >= 0.3 is 5.69 Å². The molecule has 0 atom stereocenters. The summed E-state index contributed by atoms with van der Waals surface area (Å²) >= 11 is 0. The van der Waals surface area contributed by atoms with Crippen LogP contribution < -0.4 is 21.3 Å². The Labute approximate surface area is 147 Å². The zero-order chi connectivity index (χ0) is 18.6. The van der Waals surface area contributed by atoms with E-state index in [0.29, 0.717) is 23.6 Å². The fraction of sp³-hybridized carbons (Fsp3) is 0.294. The normalized spacial score (nSPS) is 13.4. The van der Waals surface area contributed by atoms with Gasteiger partial charge < -0.3 is 19.4 Å². The molecule has 9 nitrogen and oxygen atoms in total. The van der Waals surface area contributed by atoms with Crippen LogP contribution in [0, 0.1) is 6.92 Å². The number of imidazole rings is 1. The number of carbonyl (C=O) groups excluding carboxylic acids is 1. The molecule has 0 spiro atoms. The van der Waals surface area contributed by atoms with Crippen LogP contribution in [0.1, 0.15) is 5.56 Å². The monoisotopic (exact) mass is 354 g/mol. The summed E-state index contributed by atoms with van der Waals surface area (Å²) in [6.07, 6.45) is 0. The number of hydrogen-bond acceptors (Lipinski definition) is 6. The fourth-order valence-electron chi connectivity index (χ4n) is 3.39. The van der Waals surface area contributed by atoms with E-state index >= 15 is 0 Å². The van der Waals surface area contributed by atoms with Gasteiger partial charge in [0.2, 0.25) is 5.95 Å². The van der Waals surface area contributed by atoms with Gasteiger partial charge in [-0.3, -0.25) is 13.9 Å². The lowest BCUT2D eigenvalue weighted by molar-refractivity contribution is -0.306. The number of rotatable bonds is 3. The number of nitrogens with zero attached hydrogens (tertiary/aromatic N) is 5. The minimum absolute atomic E-state index is 0.221. The van der Waals surface area contributed by atoms with Gasteiger partial charge in [-0.05, 0) is 24.6 Å². The van der Waals surface area contributed by atoms with Crippen LogP contribution in [-0.4, -0.2) is 31.2 Å². The Kier molecular flexibility index (Phi) is 3.46. The number of benzene rings is 1. The Morgan fingerprint density at radius 3 is 2.73 bits per heavy atom. The van der Waals surface area contributed by atoms with Crippen LogP contribution >= 0.6 is 0 Å². The number of carboxylic acids is 1. The smallest absolute Gasteiger partial charge is 0.332 e. The second kappa shape index (κ2) is 5.58. The van der Waals surface area contributed by atoms with Gasteiger partial charge in [-0.2, -0.15) is 4.98 Å². The molecule has 0 saturated carbocycles. The molecule has 3 aromatic rings. The van der Waals surface area contributed by atoms with Gasteiger partial charge in [0.05, 0.1) is 12.5 Å². The van der Waals surface area contributed by atoms with Gasteiger partial charge in [-0.15, -0.1) is 0 Å². The van der Waals surface area contributed by atoms with Crippen molar-refractivity contribution in [1.29, 1.82) is 0 Å². The van der Waals surface area contributed by atoms with Gasteiger partial charge in [0.15, 0.2) is 11.2 Å². The Bertz CT molecular complexity index is 1170. The molecule has 0 saturated heterocycles. The molecule has 26 heavy (non-hydrogen) atoms. The zero-order valence-electron chi connectivity index (χ0n) is 14.3. The van der Waals surface area contributed by atoms with E-state index in [-0.39, 0.29) is 11.2 Å². The van der Waals surface area contributed by atoms with Gasteiger partial charge in [0.25, 0.3) is 5.56 Å². The van der Waals surface area contributed by atoms with Crippen LogP contribution in [-0.2, 0) is 24.9 Å². The van der Waals surface area contributed by atoms with E-state index in [1.54, 1.807) is 4.57 Å². The van der Waals surface area contributed by atoms with Gasteiger partial charge in [0.1, 0.15) is 0 Å². The molecule has 0 amide bonds. The van der Waals surface area contributed by atoms with E-state index in [1.165, 1.54) is 11.6 Å². The van der Waals surface area contributed by atoms with Gasteiger partial charge in [-0.25, -0.2) is 4.79 Å². The van der Waals surface area contributed by atoms with E-state index in [4.69, 9.17) is 0 Å². The molecular weight excluding hydrogens is 338 g/mol. The van der Waals surface area contributed by atoms with Crippen LogP contribution in [0.25, 0.3) is 11.2 Å². The van der Waals surface area contributed by atoms with Crippen molar-refractivity contribution in [3.05, 3.63) is 50.7 Å². The van der Waals surface area contributed by atoms with E-state index in [0.717, 1.165) is 11.3 Å². The fourth-order valence-corrected chi connectivity index (χ4v) is 3.39. The van der Waals surface area contributed by atoms with Crippen molar-refractivity contribution < 1.29 is 9.90 Å². The number of aliphatic carboxylic acids is 1. The van der Waals surface area contributed by atoms with Crippen molar-refractivity contribution in [3.63, 3.8) is 0 Å². The highest BCUT2D eigenvalue weighted by molar-refractivity contribution is 5.78. The quantitative estimate of drug-likeness (QED) is 0.604. The maximum atomic E-state index is 12.7. The third-order valence-corrected chi connectivity index (χ3v) is 4.60. The van der Waals surface area contributed by atoms with E-state index < -0.39 is 23.8 Å². The van der Waals surface area contributed by atoms with Crippen LogP contribution in [0.2, 0.25) is 0 Å². The van der Waals surface area contributed by atoms with Crippen LogP contribution in [0.15, 0.2) is 33.9 Å².